The first-order valence-corrected chi connectivity index (χ1v) is 16.8. The molecular formula is C39H22BN3OS2. The molecule has 0 unspecified atom stereocenters. The first-order valence-electron chi connectivity index (χ1n) is 15.2. The lowest BCUT2D eigenvalue weighted by molar-refractivity contribution is 0.487. The van der Waals surface area contributed by atoms with Crippen LogP contribution < -0.4 is 21.1 Å². The van der Waals surface area contributed by atoms with Crippen molar-refractivity contribution in [3.8, 4) is 56.1 Å². The molecule has 0 saturated carbocycles. The second-order valence-electron chi connectivity index (χ2n) is 11.6. The monoisotopic (exact) mass is 623 g/mol. The van der Waals surface area contributed by atoms with Gasteiger partial charge in [0.2, 0.25) is 0 Å². The van der Waals surface area contributed by atoms with E-state index in [9.17, 15) is 0 Å². The minimum atomic E-state index is 0.141. The fourth-order valence-corrected chi connectivity index (χ4v) is 9.56. The maximum absolute atomic E-state index is 6.98. The lowest BCUT2D eigenvalue weighted by atomic mass is 9.35. The van der Waals surface area contributed by atoms with Crippen LogP contribution in [0.2, 0.25) is 0 Å². The van der Waals surface area contributed by atoms with Crippen LogP contribution in [0.5, 0.6) is 11.5 Å². The molecule has 0 saturated heterocycles. The molecule has 3 aliphatic rings. The van der Waals surface area contributed by atoms with Crippen LogP contribution in [-0.4, -0.2) is 21.7 Å². The number of ether oxygens (including phenoxy) is 1. The highest BCUT2D eigenvalue weighted by Crippen LogP contribution is 2.48. The molecule has 3 aliphatic heterocycles. The van der Waals surface area contributed by atoms with Gasteiger partial charge in [-0.3, -0.25) is 15.0 Å². The number of pyridine rings is 3. The zero-order chi connectivity index (χ0) is 30.2. The molecular weight excluding hydrogens is 601 g/mol. The van der Waals surface area contributed by atoms with Crippen LogP contribution in [0.1, 0.15) is 0 Å². The molecule has 6 heterocycles. The van der Waals surface area contributed by atoms with Crippen LogP contribution >= 0.6 is 23.5 Å². The largest absolute Gasteiger partial charge is 0.458 e. The molecule has 7 heteroatoms. The highest BCUT2D eigenvalue weighted by Gasteiger charge is 2.45. The molecule has 0 atom stereocenters. The second-order valence-corrected chi connectivity index (χ2v) is 13.7. The van der Waals surface area contributed by atoms with E-state index in [1.807, 2.05) is 78.8 Å². The van der Waals surface area contributed by atoms with Gasteiger partial charge in [-0.2, -0.15) is 0 Å². The van der Waals surface area contributed by atoms with E-state index in [0.29, 0.717) is 0 Å². The predicted molar refractivity (Wildman–Crippen MR) is 187 cm³/mol. The van der Waals surface area contributed by atoms with Crippen LogP contribution in [0, 0.1) is 0 Å². The average molecular weight is 624 g/mol. The average Bonchev–Trinajstić information content (AvgIpc) is 3.12. The molecule has 0 radical (unpaired) electrons. The van der Waals surface area contributed by atoms with Gasteiger partial charge in [0.15, 0.2) is 0 Å². The molecule has 0 fully saturated rings. The molecule has 7 aromatic rings. The summed E-state index contributed by atoms with van der Waals surface area (Å²) in [6, 6.07) is 36.5. The lowest BCUT2D eigenvalue weighted by Gasteiger charge is -2.38. The SMILES string of the molecule is c1ccc(-c2c(-c3cccnc3)cc(-c3ccc4c5c3Oc3cccc6c3B5c3c(cccc3S4)S6)cc2-c2cccnc2)nc1. The second kappa shape index (κ2) is 10.2. The summed E-state index contributed by atoms with van der Waals surface area (Å²) in [5, 5.41) is 0. The number of aromatic nitrogens is 3. The Labute approximate surface area is 275 Å². The molecule has 3 aromatic heterocycles. The molecule has 214 valence electrons. The number of benzene rings is 4. The Morgan fingerprint density at radius 3 is 1.85 bits per heavy atom. The molecule has 10 rings (SSSR count). The first kappa shape index (κ1) is 26.1. The standard InChI is InChI=1S/C39H22BN3OS2/c1-2-18-43-29(9-1)35-27(23-7-5-16-41-21-23)19-25(20-28(35)24-8-6-17-42-22-24)26-14-15-34-38-39(26)44-30-10-3-11-31-36(30)40(38)37-32(45-31)12-4-13-33(37)46-34/h1-22H. The van der Waals surface area contributed by atoms with Crippen molar-refractivity contribution in [1.29, 1.82) is 0 Å². The number of nitrogens with zero attached hydrogens (tertiary/aromatic N) is 3. The van der Waals surface area contributed by atoms with E-state index < -0.39 is 0 Å². The topological polar surface area (TPSA) is 47.9 Å². The zero-order valence-electron chi connectivity index (χ0n) is 24.3. The molecule has 0 spiro atoms. The Morgan fingerprint density at radius 1 is 0.522 bits per heavy atom. The van der Waals surface area contributed by atoms with Gasteiger partial charge in [-0.15, -0.1) is 0 Å². The van der Waals surface area contributed by atoms with Crippen LogP contribution in [0.15, 0.2) is 154 Å². The van der Waals surface area contributed by atoms with Gasteiger partial charge in [0.25, 0.3) is 6.71 Å². The first-order chi connectivity index (χ1) is 22.8. The van der Waals surface area contributed by atoms with Crippen LogP contribution in [0.3, 0.4) is 0 Å². The molecule has 0 bridgehead atoms. The van der Waals surface area contributed by atoms with Crippen molar-refractivity contribution in [2.45, 2.75) is 19.6 Å². The van der Waals surface area contributed by atoms with Gasteiger partial charge in [-0.25, -0.2) is 0 Å². The molecule has 0 aliphatic carbocycles. The fraction of sp³-hybridized carbons (Fsp3) is 0. The van der Waals surface area contributed by atoms with Gasteiger partial charge >= 0.3 is 0 Å². The minimum absolute atomic E-state index is 0.141. The normalized spacial score (nSPS) is 13.2. The van der Waals surface area contributed by atoms with Crippen molar-refractivity contribution in [3.63, 3.8) is 0 Å². The van der Waals surface area contributed by atoms with Gasteiger partial charge in [0.1, 0.15) is 11.5 Å². The van der Waals surface area contributed by atoms with Gasteiger partial charge in [-0.05, 0) is 106 Å². The maximum Gasteiger partial charge on any atom is 0.256 e. The summed E-state index contributed by atoms with van der Waals surface area (Å²) in [7, 11) is 0. The summed E-state index contributed by atoms with van der Waals surface area (Å²) in [5.74, 6) is 1.88. The van der Waals surface area contributed by atoms with Crippen LogP contribution in [0.25, 0.3) is 44.6 Å². The minimum Gasteiger partial charge on any atom is -0.458 e. The lowest BCUT2D eigenvalue weighted by Crippen LogP contribution is -2.60. The van der Waals surface area contributed by atoms with E-state index >= 15 is 0 Å². The van der Waals surface area contributed by atoms with Crippen molar-refractivity contribution < 1.29 is 4.74 Å². The number of hydrogen-bond acceptors (Lipinski definition) is 6. The van der Waals surface area contributed by atoms with Gasteiger partial charge in [-0.1, -0.05) is 53.9 Å². The van der Waals surface area contributed by atoms with E-state index in [0.717, 1.165) is 56.1 Å². The molecule has 4 nitrogen and oxygen atoms in total. The number of hydrogen-bond donors (Lipinski definition) is 0. The third kappa shape index (κ3) is 3.89. The van der Waals surface area contributed by atoms with Crippen LogP contribution in [-0.2, 0) is 0 Å². The quantitative estimate of drug-likeness (QED) is 0.185. The Hall–Kier alpha value is -5.11. The maximum atomic E-state index is 6.98. The van der Waals surface area contributed by atoms with Crippen LogP contribution in [0.4, 0.5) is 0 Å². The summed E-state index contributed by atoms with van der Waals surface area (Å²) < 4.78 is 6.98. The third-order valence-electron chi connectivity index (χ3n) is 9.04. The summed E-state index contributed by atoms with van der Waals surface area (Å²) in [5.41, 5.74) is 12.2. The summed E-state index contributed by atoms with van der Waals surface area (Å²) >= 11 is 3.71. The van der Waals surface area contributed by atoms with Gasteiger partial charge < -0.3 is 4.74 Å². The van der Waals surface area contributed by atoms with Gasteiger partial charge in [0.05, 0.1) is 5.69 Å². The van der Waals surface area contributed by atoms with E-state index in [4.69, 9.17) is 9.72 Å². The highest BCUT2D eigenvalue weighted by molar-refractivity contribution is 8.01. The van der Waals surface area contributed by atoms with E-state index in [1.165, 1.54) is 36.0 Å². The smallest absolute Gasteiger partial charge is 0.256 e. The molecule has 46 heavy (non-hydrogen) atoms. The Kier molecular flexibility index (Phi) is 5.80. The Bertz CT molecular complexity index is 2260. The molecule has 0 amide bonds. The van der Waals surface area contributed by atoms with E-state index in [1.54, 1.807) is 0 Å². The molecule has 0 N–H and O–H groups in total. The van der Waals surface area contributed by atoms with Crippen molar-refractivity contribution in [2.75, 3.05) is 0 Å². The number of rotatable bonds is 4. The van der Waals surface area contributed by atoms with E-state index in [-0.39, 0.29) is 6.71 Å². The third-order valence-corrected chi connectivity index (χ3v) is 11.3. The zero-order valence-corrected chi connectivity index (χ0v) is 26.0. The Balaban J connectivity index is 1.27. The summed E-state index contributed by atoms with van der Waals surface area (Å²) in [6.45, 7) is 0.141. The highest BCUT2D eigenvalue weighted by atomic mass is 32.2. The van der Waals surface area contributed by atoms with Crippen molar-refractivity contribution >= 4 is 46.6 Å². The molecule has 4 aromatic carbocycles. The van der Waals surface area contributed by atoms with Gasteiger partial charge in [0, 0.05) is 72.8 Å². The fourth-order valence-electron chi connectivity index (χ4n) is 7.12. The predicted octanol–water partition coefficient (Wildman–Crippen LogP) is 8.09. The van der Waals surface area contributed by atoms with Crippen molar-refractivity contribution in [1.82, 2.24) is 15.0 Å². The summed E-state index contributed by atoms with van der Waals surface area (Å²) in [4.78, 5) is 19.0. The van der Waals surface area contributed by atoms with Crippen molar-refractivity contribution in [3.05, 3.63) is 134 Å². The summed E-state index contributed by atoms with van der Waals surface area (Å²) in [6.07, 6.45) is 9.34. The van der Waals surface area contributed by atoms with Crippen molar-refractivity contribution in [2.24, 2.45) is 0 Å². The van der Waals surface area contributed by atoms with E-state index in [2.05, 4.69) is 88.8 Å². The Morgan fingerprint density at radius 2 is 1.20 bits per heavy atom.